The summed E-state index contributed by atoms with van der Waals surface area (Å²) in [6.45, 7) is 1.13. The second-order valence-corrected chi connectivity index (χ2v) is 10.7. The van der Waals surface area contributed by atoms with Crippen LogP contribution >= 0.6 is 0 Å². The summed E-state index contributed by atoms with van der Waals surface area (Å²) < 4.78 is 33.0. The molecule has 0 bridgehead atoms. The van der Waals surface area contributed by atoms with E-state index in [1.165, 1.54) is 17.0 Å². The van der Waals surface area contributed by atoms with Crippen molar-refractivity contribution in [2.24, 2.45) is 0 Å². The number of benzene rings is 2. The third-order valence-corrected chi connectivity index (χ3v) is 8.24. The van der Waals surface area contributed by atoms with E-state index in [0.717, 1.165) is 30.0 Å². The van der Waals surface area contributed by atoms with Crippen molar-refractivity contribution in [1.82, 2.24) is 9.62 Å². The smallest absolute Gasteiger partial charge is 0.247 e. The van der Waals surface area contributed by atoms with Crippen LogP contribution in [0.15, 0.2) is 59.5 Å². The molecule has 1 N–H and O–H groups in total. The summed E-state index contributed by atoms with van der Waals surface area (Å²) in [7, 11) is -2.41. The number of anilines is 1. The van der Waals surface area contributed by atoms with Crippen molar-refractivity contribution < 1.29 is 22.7 Å². The molecule has 8 nitrogen and oxygen atoms in total. The fourth-order valence-electron chi connectivity index (χ4n) is 4.62. The maximum atomic E-state index is 13.6. The topological polar surface area (TPSA) is 96.0 Å². The normalized spacial score (nSPS) is 22.4. The third kappa shape index (κ3) is 4.47. The number of methoxy groups -OCH3 is 1. The van der Waals surface area contributed by atoms with Gasteiger partial charge in [-0.3, -0.25) is 14.5 Å². The van der Waals surface area contributed by atoms with E-state index in [0.29, 0.717) is 11.4 Å². The largest absolute Gasteiger partial charge is 0.497 e. The van der Waals surface area contributed by atoms with Crippen LogP contribution in [0.5, 0.6) is 5.75 Å². The van der Waals surface area contributed by atoms with Gasteiger partial charge in [0.05, 0.1) is 18.6 Å². The molecule has 1 aliphatic heterocycles. The Morgan fingerprint density at radius 3 is 2.30 bits per heavy atom. The zero-order valence-corrected chi connectivity index (χ0v) is 19.7. The molecular weight excluding hydrogens is 442 g/mol. The van der Waals surface area contributed by atoms with E-state index in [1.54, 1.807) is 56.5 Å². The second-order valence-electron chi connectivity index (χ2n) is 8.74. The number of nitrogens with one attached hydrogen (secondary N) is 1. The molecule has 1 saturated heterocycles. The van der Waals surface area contributed by atoms with Crippen molar-refractivity contribution in [1.29, 1.82) is 0 Å². The number of amides is 2. The monoisotopic (exact) mass is 471 g/mol. The highest BCUT2D eigenvalue weighted by atomic mass is 32.2. The fraction of sp³-hybridized carbons (Fsp3) is 0.417. The van der Waals surface area contributed by atoms with Crippen LogP contribution in [0.4, 0.5) is 5.69 Å². The summed E-state index contributed by atoms with van der Waals surface area (Å²) in [6, 6.07) is 14.8. The lowest BCUT2D eigenvalue weighted by Crippen LogP contribution is -2.70. The average molecular weight is 472 g/mol. The highest BCUT2D eigenvalue weighted by Crippen LogP contribution is 2.33. The third-order valence-electron chi connectivity index (χ3n) is 6.43. The van der Waals surface area contributed by atoms with Gasteiger partial charge in [0.15, 0.2) is 0 Å². The first-order chi connectivity index (χ1) is 15.8. The number of piperazine rings is 1. The Hall–Kier alpha value is -2.91. The van der Waals surface area contributed by atoms with Gasteiger partial charge in [0, 0.05) is 18.3 Å². The second kappa shape index (κ2) is 9.15. The lowest BCUT2D eigenvalue weighted by Gasteiger charge is -2.47. The standard InChI is InChI=1S/C24H29N3O5S/c1-24(23(29)25-18-8-6-7-9-18)17-26(33(30,31)21-10-4-3-5-11-21)16-22(28)27(24)19-12-14-20(32-2)15-13-19/h3-5,10-15,18H,6-9,16-17H2,1-2H3,(H,25,29)/t24-/m0/s1. The molecule has 2 aromatic carbocycles. The number of carbonyl (C=O) groups excluding carboxylic acids is 2. The van der Waals surface area contributed by atoms with Crippen LogP contribution in [0, 0.1) is 0 Å². The molecule has 2 amide bonds. The molecule has 4 rings (SSSR count). The zero-order chi connectivity index (χ0) is 23.6. The van der Waals surface area contributed by atoms with Gasteiger partial charge in [-0.25, -0.2) is 8.42 Å². The Balaban J connectivity index is 1.72. The van der Waals surface area contributed by atoms with Crippen molar-refractivity contribution in [3.05, 3.63) is 54.6 Å². The highest BCUT2D eigenvalue weighted by molar-refractivity contribution is 7.89. The lowest BCUT2D eigenvalue weighted by atomic mass is 9.94. The van der Waals surface area contributed by atoms with Gasteiger partial charge in [-0.1, -0.05) is 31.0 Å². The van der Waals surface area contributed by atoms with E-state index in [2.05, 4.69) is 5.32 Å². The van der Waals surface area contributed by atoms with Crippen LogP contribution in [0.1, 0.15) is 32.6 Å². The molecule has 1 atom stereocenters. The Morgan fingerprint density at radius 1 is 1.06 bits per heavy atom. The van der Waals surface area contributed by atoms with Crippen LogP contribution in [0.25, 0.3) is 0 Å². The summed E-state index contributed by atoms with van der Waals surface area (Å²) >= 11 is 0. The van der Waals surface area contributed by atoms with Crippen LogP contribution in [-0.4, -0.2) is 56.3 Å². The summed E-state index contributed by atoms with van der Waals surface area (Å²) in [5, 5.41) is 3.06. The minimum absolute atomic E-state index is 0.0308. The molecule has 2 fully saturated rings. The Bertz CT molecular complexity index is 1110. The van der Waals surface area contributed by atoms with Crippen molar-refractivity contribution in [3.8, 4) is 5.75 Å². The van der Waals surface area contributed by atoms with Gasteiger partial charge in [0.2, 0.25) is 21.8 Å². The predicted octanol–water partition coefficient (Wildman–Crippen LogP) is 2.55. The first-order valence-corrected chi connectivity index (χ1v) is 12.5. The van der Waals surface area contributed by atoms with Gasteiger partial charge in [0.25, 0.3) is 0 Å². The first kappa shape index (κ1) is 23.3. The molecule has 0 unspecified atom stereocenters. The van der Waals surface area contributed by atoms with E-state index in [1.807, 2.05) is 0 Å². The summed E-state index contributed by atoms with van der Waals surface area (Å²) in [4.78, 5) is 28.5. The molecule has 0 spiro atoms. The van der Waals surface area contributed by atoms with Gasteiger partial charge in [-0.2, -0.15) is 4.31 Å². The van der Waals surface area contributed by atoms with Crippen LogP contribution in [0.2, 0.25) is 0 Å². The maximum Gasteiger partial charge on any atom is 0.247 e. The van der Waals surface area contributed by atoms with E-state index in [9.17, 15) is 18.0 Å². The SMILES string of the molecule is COc1ccc(N2C(=O)CN(S(=O)(=O)c3ccccc3)C[C@@]2(C)C(=O)NC2CCCC2)cc1. The number of carbonyl (C=O) groups is 2. The van der Waals surface area contributed by atoms with Crippen molar-refractivity contribution >= 4 is 27.5 Å². The highest BCUT2D eigenvalue weighted by Gasteiger charge is 2.51. The molecule has 2 aliphatic rings. The van der Waals surface area contributed by atoms with Crippen molar-refractivity contribution in [2.45, 2.75) is 49.1 Å². The zero-order valence-electron chi connectivity index (χ0n) is 18.9. The molecule has 176 valence electrons. The summed E-state index contributed by atoms with van der Waals surface area (Å²) in [5.41, 5.74) is -0.907. The molecular formula is C24H29N3O5S. The summed E-state index contributed by atoms with van der Waals surface area (Å²) in [5.74, 6) is -0.199. The molecule has 1 heterocycles. The first-order valence-electron chi connectivity index (χ1n) is 11.1. The van der Waals surface area contributed by atoms with Crippen molar-refractivity contribution in [2.75, 3.05) is 25.1 Å². The maximum absolute atomic E-state index is 13.6. The van der Waals surface area contributed by atoms with Crippen LogP contribution in [-0.2, 0) is 19.6 Å². The number of ether oxygens (including phenoxy) is 1. The van der Waals surface area contributed by atoms with Gasteiger partial charge in [-0.15, -0.1) is 0 Å². The van der Waals surface area contributed by atoms with E-state index in [4.69, 9.17) is 4.74 Å². The number of sulfonamides is 1. The van der Waals surface area contributed by atoms with E-state index in [-0.39, 0.29) is 29.9 Å². The quantitative estimate of drug-likeness (QED) is 0.699. The number of nitrogens with zero attached hydrogens (tertiary/aromatic N) is 2. The van der Waals surface area contributed by atoms with E-state index < -0.39 is 21.5 Å². The Labute approximate surface area is 194 Å². The van der Waals surface area contributed by atoms with Crippen LogP contribution in [0.3, 0.4) is 0 Å². The molecule has 1 aliphatic carbocycles. The lowest BCUT2D eigenvalue weighted by molar-refractivity contribution is -0.133. The molecule has 33 heavy (non-hydrogen) atoms. The minimum Gasteiger partial charge on any atom is -0.497 e. The summed E-state index contributed by atoms with van der Waals surface area (Å²) in [6.07, 6.45) is 3.84. The molecule has 0 aromatic heterocycles. The molecule has 0 radical (unpaired) electrons. The minimum atomic E-state index is -3.96. The van der Waals surface area contributed by atoms with Crippen LogP contribution < -0.4 is 15.0 Å². The number of hydrogen-bond acceptors (Lipinski definition) is 5. The predicted molar refractivity (Wildman–Crippen MR) is 124 cm³/mol. The Morgan fingerprint density at radius 2 is 1.70 bits per heavy atom. The van der Waals surface area contributed by atoms with Gasteiger partial charge >= 0.3 is 0 Å². The number of rotatable bonds is 6. The van der Waals surface area contributed by atoms with Gasteiger partial charge in [-0.05, 0) is 56.2 Å². The van der Waals surface area contributed by atoms with Crippen molar-refractivity contribution in [3.63, 3.8) is 0 Å². The molecule has 1 saturated carbocycles. The van der Waals surface area contributed by atoms with Gasteiger partial charge in [0.1, 0.15) is 11.3 Å². The average Bonchev–Trinajstić information content (AvgIpc) is 3.32. The number of hydrogen-bond donors (Lipinski definition) is 1. The Kier molecular flexibility index (Phi) is 6.45. The van der Waals surface area contributed by atoms with E-state index >= 15 is 0 Å². The fourth-order valence-corrected chi connectivity index (χ4v) is 6.12. The van der Waals surface area contributed by atoms with Gasteiger partial charge < -0.3 is 10.1 Å². The molecule has 9 heteroatoms. The molecule has 2 aromatic rings.